The van der Waals surface area contributed by atoms with E-state index in [-0.39, 0.29) is 12.3 Å². The Morgan fingerprint density at radius 2 is 2.12 bits per heavy atom. The van der Waals surface area contributed by atoms with E-state index in [1.807, 2.05) is 0 Å². The molecule has 0 aromatic heterocycles. The minimum atomic E-state index is -0.805. The maximum absolute atomic E-state index is 11.6. The van der Waals surface area contributed by atoms with Gasteiger partial charge in [-0.3, -0.25) is 9.59 Å². The predicted molar refractivity (Wildman–Crippen MR) is 65.6 cm³/mol. The van der Waals surface area contributed by atoms with Crippen LogP contribution in [0.1, 0.15) is 51.9 Å². The summed E-state index contributed by atoms with van der Waals surface area (Å²) in [6.45, 7) is 2.73. The molecular weight excluding hydrogens is 218 g/mol. The number of carboxylic acid groups (broad SMARTS) is 1. The number of carbonyl (C=O) groups excluding carboxylic acids is 1. The molecule has 0 aromatic rings. The highest BCUT2D eigenvalue weighted by molar-refractivity contribution is 5.76. The Morgan fingerprint density at radius 3 is 2.76 bits per heavy atom. The fourth-order valence-corrected chi connectivity index (χ4v) is 2.55. The molecule has 0 heterocycles. The number of hydrogen-bond donors (Lipinski definition) is 2. The van der Waals surface area contributed by atoms with E-state index in [4.69, 9.17) is 5.11 Å². The van der Waals surface area contributed by atoms with Crippen molar-refractivity contribution in [2.24, 2.45) is 11.8 Å². The highest BCUT2D eigenvalue weighted by Gasteiger charge is 2.20. The van der Waals surface area contributed by atoms with Gasteiger partial charge in [-0.15, -0.1) is 0 Å². The van der Waals surface area contributed by atoms with Crippen LogP contribution in [0.25, 0.3) is 0 Å². The van der Waals surface area contributed by atoms with Crippen LogP contribution >= 0.6 is 0 Å². The maximum atomic E-state index is 11.6. The van der Waals surface area contributed by atoms with Gasteiger partial charge in [-0.25, -0.2) is 0 Å². The molecule has 0 unspecified atom stereocenters. The van der Waals surface area contributed by atoms with E-state index in [2.05, 4.69) is 12.2 Å². The number of aliphatic carboxylic acids is 1. The molecule has 1 amide bonds. The van der Waals surface area contributed by atoms with Crippen molar-refractivity contribution < 1.29 is 14.7 Å². The van der Waals surface area contributed by atoms with Crippen LogP contribution in [-0.2, 0) is 9.59 Å². The summed E-state index contributed by atoms with van der Waals surface area (Å²) in [4.78, 5) is 21.9. The van der Waals surface area contributed by atoms with Gasteiger partial charge in [0.25, 0.3) is 0 Å². The molecule has 2 N–H and O–H groups in total. The van der Waals surface area contributed by atoms with Crippen LogP contribution in [-0.4, -0.2) is 23.5 Å². The molecule has 4 nitrogen and oxygen atoms in total. The van der Waals surface area contributed by atoms with Crippen LogP contribution in [0, 0.1) is 11.8 Å². The number of rotatable bonds is 6. The monoisotopic (exact) mass is 241 g/mol. The second-order valence-corrected chi connectivity index (χ2v) is 5.19. The van der Waals surface area contributed by atoms with Gasteiger partial charge in [0.1, 0.15) is 0 Å². The Balaban J connectivity index is 2.09. The Hall–Kier alpha value is -1.06. The van der Waals surface area contributed by atoms with E-state index in [1.165, 1.54) is 12.8 Å². The van der Waals surface area contributed by atoms with Gasteiger partial charge in [0, 0.05) is 19.4 Å². The zero-order valence-electron chi connectivity index (χ0n) is 10.6. The summed E-state index contributed by atoms with van der Waals surface area (Å²) in [7, 11) is 0. The summed E-state index contributed by atoms with van der Waals surface area (Å²) in [6, 6.07) is 0. The van der Waals surface area contributed by atoms with Crippen LogP contribution in [0.2, 0.25) is 0 Å². The van der Waals surface area contributed by atoms with Gasteiger partial charge in [-0.05, 0) is 31.1 Å². The first kappa shape index (κ1) is 14.0. The van der Waals surface area contributed by atoms with Crippen LogP contribution in [0.15, 0.2) is 0 Å². The molecule has 98 valence electrons. The molecule has 0 aromatic carbocycles. The summed E-state index contributed by atoms with van der Waals surface area (Å²) in [5.74, 6) is 0.543. The molecular formula is C13H23NO3. The second kappa shape index (κ2) is 7.30. The van der Waals surface area contributed by atoms with Crippen LogP contribution in [0.4, 0.5) is 0 Å². The Morgan fingerprint density at radius 1 is 1.35 bits per heavy atom. The number of carboxylic acids is 1. The number of nitrogens with one attached hydrogen (secondary N) is 1. The van der Waals surface area contributed by atoms with Gasteiger partial charge in [0.15, 0.2) is 0 Å². The van der Waals surface area contributed by atoms with Gasteiger partial charge in [0.2, 0.25) is 5.91 Å². The van der Waals surface area contributed by atoms with Crippen molar-refractivity contribution in [1.82, 2.24) is 5.32 Å². The lowest BCUT2D eigenvalue weighted by Gasteiger charge is -2.26. The lowest BCUT2D eigenvalue weighted by molar-refractivity contribution is -0.137. The van der Waals surface area contributed by atoms with Crippen LogP contribution < -0.4 is 5.32 Å². The summed E-state index contributed by atoms with van der Waals surface area (Å²) < 4.78 is 0. The van der Waals surface area contributed by atoms with Crippen molar-refractivity contribution in [3.63, 3.8) is 0 Å². The van der Waals surface area contributed by atoms with Crippen molar-refractivity contribution in [2.75, 3.05) is 6.54 Å². The third-order valence-corrected chi connectivity index (χ3v) is 3.41. The molecule has 1 saturated carbocycles. The quantitative estimate of drug-likeness (QED) is 0.700. The molecule has 2 atom stereocenters. The van der Waals surface area contributed by atoms with E-state index >= 15 is 0 Å². The standard InChI is InChI=1S/C13H23NO3/c1-10-4-2-5-11(8-10)9-12(15)14-7-3-6-13(16)17/h10-11H,2-9H2,1H3,(H,14,15)(H,16,17)/t10-,11+/m0/s1. The maximum Gasteiger partial charge on any atom is 0.303 e. The molecule has 0 bridgehead atoms. The molecule has 1 rings (SSSR count). The van der Waals surface area contributed by atoms with Crippen molar-refractivity contribution in [2.45, 2.75) is 51.9 Å². The average Bonchev–Trinajstić information content (AvgIpc) is 2.24. The smallest absolute Gasteiger partial charge is 0.303 e. The third-order valence-electron chi connectivity index (χ3n) is 3.41. The lowest BCUT2D eigenvalue weighted by atomic mass is 9.81. The van der Waals surface area contributed by atoms with Gasteiger partial charge in [-0.1, -0.05) is 19.8 Å². The zero-order chi connectivity index (χ0) is 12.7. The highest BCUT2D eigenvalue weighted by Crippen LogP contribution is 2.30. The zero-order valence-corrected chi connectivity index (χ0v) is 10.6. The van der Waals surface area contributed by atoms with E-state index < -0.39 is 5.97 Å². The van der Waals surface area contributed by atoms with Gasteiger partial charge in [0.05, 0.1) is 0 Å². The molecule has 4 heteroatoms. The minimum absolute atomic E-state index is 0.0782. The molecule has 0 saturated heterocycles. The lowest BCUT2D eigenvalue weighted by Crippen LogP contribution is -2.28. The molecule has 0 radical (unpaired) electrons. The van der Waals surface area contributed by atoms with Crippen molar-refractivity contribution in [3.05, 3.63) is 0 Å². The molecule has 17 heavy (non-hydrogen) atoms. The SMILES string of the molecule is C[C@H]1CCC[C@@H](CC(=O)NCCCC(=O)O)C1. The molecule has 0 aliphatic heterocycles. The van der Waals surface area contributed by atoms with Gasteiger partial charge in [-0.2, -0.15) is 0 Å². The largest absolute Gasteiger partial charge is 0.481 e. The predicted octanol–water partition coefficient (Wildman–Crippen LogP) is 2.18. The van der Waals surface area contributed by atoms with Crippen LogP contribution in [0.3, 0.4) is 0 Å². The fourth-order valence-electron chi connectivity index (χ4n) is 2.55. The molecule has 1 fully saturated rings. The molecule has 1 aliphatic rings. The van der Waals surface area contributed by atoms with Gasteiger partial charge < -0.3 is 10.4 Å². The summed E-state index contributed by atoms with van der Waals surface area (Å²) >= 11 is 0. The van der Waals surface area contributed by atoms with Crippen molar-refractivity contribution in [3.8, 4) is 0 Å². The van der Waals surface area contributed by atoms with E-state index in [0.29, 0.717) is 25.3 Å². The van der Waals surface area contributed by atoms with Crippen LogP contribution in [0.5, 0.6) is 0 Å². The van der Waals surface area contributed by atoms with Crippen molar-refractivity contribution in [1.29, 1.82) is 0 Å². The molecule has 1 aliphatic carbocycles. The number of carbonyl (C=O) groups is 2. The molecule has 0 spiro atoms. The van der Waals surface area contributed by atoms with E-state index in [0.717, 1.165) is 18.8 Å². The average molecular weight is 241 g/mol. The Kier molecular flexibility index (Phi) is 6.01. The summed E-state index contributed by atoms with van der Waals surface area (Å²) in [5.41, 5.74) is 0. The van der Waals surface area contributed by atoms with E-state index in [1.54, 1.807) is 0 Å². The highest BCUT2D eigenvalue weighted by atomic mass is 16.4. The fraction of sp³-hybridized carbons (Fsp3) is 0.846. The van der Waals surface area contributed by atoms with Gasteiger partial charge >= 0.3 is 5.97 Å². The summed E-state index contributed by atoms with van der Waals surface area (Å²) in [5, 5.41) is 11.3. The minimum Gasteiger partial charge on any atom is -0.481 e. The summed E-state index contributed by atoms with van der Waals surface area (Å²) in [6.07, 6.45) is 6.09. The normalized spacial score (nSPS) is 24.3. The first-order valence-electron chi connectivity index (χ1n) is 6.56. The third kappa shape index (κ3) is 6.29. The second-order valence-electron chi connectivity index (χ2n) is 5.19. The Labute approximate surface area is 103 Å². The number of hydrogen-bond acceptors (Lipinski definition) is 2. The first-order valence-corrected chi connectivity index (χ1v) is 6.56. The van der Waals surface area contributed by atoms with E-state index in [9.17, 15) is 9.59 Å². The Bertz CT molecular complexity index is 265. The first-order chi connectivity index (χ1) is 8.08. The topological polar surface area (TPSA) is 66.4 Å². The van der Waals surface area contributed by atoms with Crippen molar-refractivity contribution >= 4 is 11.9 Å². The number of amides is 1.